The van der Waals surface area contributed by atoms with E-state index in [1.807, 2.05) is 0 Å². The van der Waals surface area contributed by atoms with Gasteiger partial charge in [-0.2, -0.15) is 0 Å². The molecule has 2 unspecified atom stereocenters. The van der Waals surface area contributed by atoms with Crippen LogP contribution >= 0.6 is 31.9 Å². The summed E-state index contributed by atoms with van der Waals surface area (Å²) >= 11 is 6.25. The Morgan fingerprint density at radius 1 is 0.857 bits per heavy atom. The number of hydrogen-bond donors (Lipinski definition) is 0. The Morgan fingerprint density at radius 2 is 1.21 bits per heavy atom. The number of rotatable bonds is 0. The molecule has 0 aromatic heterocycles. The molecule has 0 amide bonds. The molecule has 2 atom stereocenters. The van der Waals surface area contributed by atoms with Gasteiger partial charge >= 0.3 is 0 Å². The van der Waals surface area contributed by atoms with Crippen molar-refractivity contribution >= 4 is 43.4 Å². The number of hydrogen-bond acceptors (Lipinski definition) is 2. The molecule has 2 aliphatic carbocycles. The monoisotopic (exact) mass is 316 g/mol. The fourth-order valence-electron chi connectivity index (χ4n) is 1.62. The highest BCUT2D eigenvalue weighted by Crippen LogP contribution is 2.37. The first-order chi connectivity index (χ1) is 6.63. The van der Waals surface area contributed by atoms with Crippen LogP contribution in [0, 0.1) is 11.8 Å². The van der Waals surface area contributed by atoms with Crippen molar-refractivity contribution in [2.75, 3.05) is 0 Å². The Labute approximate surface area is 98.0 Å². The Balaban J connectivity index is 2.52. The number of carbonyl (C=O) groups is 2. The zero-order chi connectivity index (χ0) is 10.3. The maximum Gasteiger partial charge on any atom is 0.178 e. The Kier molecular flexibility index (Phi) is 2.58. The molecule has 0 saturated heterocycles. The summed E-state index contributed by atoms with van der Waals surface area (Å²) in [6.07, 6.45) is 7.13. The smallest absolute Gasteiger partial charge is 0.178 e. The third-order valence-corrected chi connectivity index (χ3v) is 4.47. The van der Waals surface area contributed by atoms with Crippen molar-refractivity contribution in [2.45, 2.75) is 0 Å². The molecule has 0 aromatic rings. The van der Waals surface area contributed by atoms with Crippen LogP contribution in [0.25, 0.3) is 0 Å². The van der Waals surface area contributed by atoms with E-state index in [2.05, 4.69) is 31.9 Å². The van der Waals surface area contributed by atoms with Crippen LogP contribution < -0.4 is 0 Å². The first-order valence-corrected chi connectivity index (χ1v) is 5.70. The van der Waals surface area contributed by atoms with Crippen LogP contribution in [0.4, 0.5) is 0 Å². The molecule has 4 heteroatoms. The highest BCUT2D eigenvalue weighted by Gasteiger charge is 2.39. The standard InChI is InChI=1S/C10H6Br2O2/c11-7-8(12)10(14)6-4-2-1-3-5(6)9(7)13/h1-6H. The average molecular weight is 318 g/mol. The Bertz CT molecular complexity index is 366. The summed E-state index contributed by atoms with van der Waals surface area (Å²) in [7, 11) is 0. The van der Waals surface area contributed by atoms with Crippen molar-refractivity contribution in [1.29, 1.82) is 0 Å². The van der Waals surface area contributed by atoms with E-state index in [4.69, 9.17) is 0 Å². The van der Waals surface area contributed by atoms with Crippen LogP contribution in [0.5, 0.6) is 0 Å². The normalized spacial score (nSPS) is 31.0. The van der Waals surface area contributed by atoms with Gasteiger partial charge < -0.3 is 0 Å². The van der Waals surface area contributed by atoms with Crippen molar-refractivity contribution in [3.63, 3.8) is 0 Å². The van der Waals surface area contributed by atoms with Gasteiger partial charge in [-0.25, -0.2) is 0 Å². The van der Waals surface area contributed by atoms with Gasteiger partial charge in [0.1, 0.15) is 0 Å². The first kappa shape index (κ1) is 10.1. The lowest BCUT2D eigenvalue weighted by atomic mass is 9.79. The fourth-order valence-corrected chi connectivity index (χ4v) is 2.54. The zero-order valence-electron chi connectivity index (χ0n) is 7.04. The van der Waals surface area contributed by atoms with E-state index in [0.717, 1.165) is 0 Å². The molecular formula is C10H6Br2O2. The van der Waals surface area contributed by atoms with Crippen LogP contribution in [0.2, 0.25) is 0 Å². The quantitative estimate of drug-likeness (QED) is 0.688. The second-order valence-electron chi connectivity index (χ2n) is 3.18. The van der Waals surface area contributed by atoms with Crippen molar-refractivity contribution in [1.82, 2.24) is 0 Å². The maximum atomic E-state index is 11.7. The highest BCUT2D eigenvalue weighted by molar-refractivity contribution is 9.14. The van der Waals surface area contributed by atoms with E-state index >= 15 is 0 Å². The molecule has 0 spiro atoms. The van der Waals surface area contributed by atoms with Crippen LogP contribution in [0.3, 0.4) is 0 Å². The molecule has 14 heavy (non-hydrogen) atoms. The highest BCUT2D eigenvalue weighted by atomic mass is 79.9. The third kappa shape index (κ3) is 1.37. The molecule has 0 bridgehead atoms. The lowest BCUT2D eigenvalue weighted by molar-refractivity contribution is -0.126. The zero-order valence-corrected chi connectivity index (χ0v) is 10.2. The van der Waals surface area contributed by atoms with Crippen molar-refractivity contribution in [3.05, 3.63) is 33.3 Å². The number of allylic oxidation sites excluding steroid dienone is 6. The van der Waals surface area contributed by atoms with Crippen LogP contribution in [-0.4, -0.2) is 11.6 Å². The predicted octanol–water partition coefficient (Wildman–Crippen LogP) is 2.50. The van der Waals surface area contributed by atoms with Gasteiger partial charge in [0.05, 0.1) is 20.8 Å². The van der Waals surface area contributed by atoms with Gasteiger partial charge in [0, 0.05) is 0 Å². The second kappa shape index (κ2) is 3.59. The summed E-state index contributed by atoms with van der Waals surface area (Å²) in [5.74, 6) is -0.740. The fraction of sp³-hybridized carbons (Fsp3) is 0.200. The average Bonchev–Trinajstić information content (AvgIpc) is 2.23. The summed E-state index contributed by atoms with van der Waals surface area (Å²) in [5, 5.41) is 0. The molecule has 2 nitrogen and oxygen atoms in total. The van der Waals surface area contributed by atoms with Gasteiger partial charge in [-0.15, -0.1) is 0 Å². The van der Waals surface area contributed by atoms with Gasteiger partial charge in [0.25, 0.3) is 0 Å². The second-order valence-corrected chi connectivity index (χ2v) is 4.76. The molecule has 0 radical (unpaired) electrons. The molecule has 0 aromatic carbocycles. The number of ketones is 2. The van der Waals surface area contributed by atoms with Gasteiger partial charge in [-0.3, -0.25) is 9.59 Å². The number of Topliss-reactive ketones (excluding diaryl/α,β-unsaturated/α-hetero) is 2. The summed E-state index contributed by atoms with van der Waals surface area (Å²) in [6, 6.07) is 0. The van der Waals surface area contributed by atoms with Crippen LogP contribution in [0.15, 0.2) is 33.3 Å². The van der Waals surface area contributed by atoms with E-state index in [9.17, 15) is 9.59 Å². The van der Waals surface area contributed by atoms with Crippen molar-refractivity contribution in [3.8, 4) is 0 Å². The van der Waals surface area contributed by atoms with Crippen LogP contribution in [0.1, 0.15) is 0 Å². The summed E-state index contributed by atoms with van der Waals surface area (Å²) in [4.78, 5) is 23.5. The third-order valence-electron chi connectivity index (χ3n) is 2.37. The van der Waals surface area contributed by atoms with Crippen LogP contribution in [-0.2, 0) is 9.59 Å². The Morgan fingerprint density at radius 3 is 1.57 bits per heavy atom. The van der Waals surface area contributed by atoms with E-state index in [1.54, 1.807) is 24.3 Å². The lowest BCUT2D eigenvalue weighted by Gasteiger charge is -2.26. The van der Waals surface area contributed by atoms with Gasteiger partial charge in [0.2, 0.25) is 0 Å². The summed E-state index contributed by atoms with van der Waals surface area (Å²) in [5.41, 5.74) is 0. The van der Waals surface area contributed by atoms with Gasteiger partial charge in [-0.1, -0.05) is 24.3 Å². The molecule has 0 heterocycles. The SMILES string of the molecule is O=C1C(Br)=C(Br)C(=O)C2C=CC=CC12. The van der Waals surface area contributed by atoms with E-state index in [-0.39, 0.29) is 23.4 Å². The van der Waals surface area contributed by atoms with E-state index in [0.29, 0.717) is 8.96 Å². The molecule has 0 fully saturated rings. The number of fused-ring (bicyclic) bond motifs is 1. The molecule has 0 saturated carbocycles. The topological polar surface area (TPSA) is 34.1 Å². The molecule has 0 aliphatic heterocycles. The number of halogens is 2. The largest absolute Gasteiger partial charge is 0.293 e. The summed E-state index contributed by atoms with van der Waals surface area (Å²) < 4.78 is 0.701. The number of carbonyl (C=O) groups excluding carboxylic acids is 2. The maximum absolute atomic E-state index is 11.7. The van der Waals surface area contributed by atoms with Crippen molar-refractivity contribution in [2.24, 2.45) is 11.8 Å². The molecular weight excluding hydrogens is 312 g/mol. The molecule has 72 valence electrons. The minimum Gasteiger partial charge on any atom is -0.293 e. The Hall–Kier alpha value is -0.480. The van der Waals surface area contributed by atoms with Gasteiger partial charge in [-0.05, 0) is 31.9 Å². The van der Waals surface area contributed by atoms with Gasteiger partial charge in [0.15, 0.2) is 11.6 Å². The molecule has 2 rings (SSSR count). The molecule has 0 N–H and O–H groups in total. The summed E-state index contributed by atoms with van der Waals surface area (Å²) in [6.45, 7) is 0. The molecule has 2 aliphatic rings. The first-order valence-electron chi connectivity index (χ1n) is 4.11. The minimum atomic E-state index is -0.330. The predicted molar refractivity (Wildman–Crippen MR) is 60.2 cm³/mol. The van der Waals surface area contributed by atoms with E-state index in [1.165, 1.54) is 0 Å². The lowest BCUT2D eigenvalue weighted by Crippen LogP contribution is -2.33. The van der Waals surface area contributed by atoms with E-state index < -0.39 is 0 Å². The van der Waals surface area contributed by atoms with Crippen molar-refractivity contribution < 1.29 is 9.59 Å². The minimum absolute atomic E-state index is 0.0397.